The number of amides is 3. The van der Waals surface area contributed by atoms with Gasteiger partial charge >= 0.3 is 18.4 Å². The van der Waals surface area contributed by atoms with Gasteiger partial charge in [-0.05, 0) is 49.7 Å². The van der Waals surface area contributed by atoms with Crippen molar-refractivity contribution in [2.45, 2.75) is 32.2 Å². The van der Waals surface area contributed by atoms with Crippen molar-refractivity contribution in [2.24, 2.45) is 0 Å². The van der Waals surface area contributed by atoms with E-state index in [9.17, 15) is 46.0 Å². The zero-order valence-electron chi connectivity index (χ0n) is 20.2. The van der Waals surface area contributed by atoms with Crippen LogP contribution in [-0.4, -0.2) is 42.4 Å². The molecule has 0 radical (unpaired) electrons. The topological polar surface area (TPSA) is 93.5 Å². The van der Waals surface area contributed by atoms with Crippen LogP contribution in [0.4, 0.5) is 36.8 Å². The Balaban J connectivity index is 2.21. The summed E-state index contributed by atoms with van der Waals surface area (Å²) in [6.07, 6.45) is -9.43. The summed E-state index contributed by atoms with van der Waals surface area (Å²) in [5.74, 6) is -1.80. The molecule has 1 heterocycles. The smallest absolute Gasteiger partial charge is 0.343 e. The summed E-state index contributed by atoms with van der Waals surface area (Å²) in [6.45, 7) is 0.814. The Morgan fingerprint density at radius 3 is 2.29 bits per heavy atom. The molecule has 1 aliphatic rings. The summed E-state index contributed by atoms with van der Waals surface area (Å²) in [5, 5.41) is 11.0. The monoisotopic (exact) mass is 538 g/mol. The third-order valence-electron chi connectivity index (χ3n) is 5.86. The van der Waals surface area contributed by atoms with Gasteiger partial charge in [0.25, 0.3) is 5.91 Å². The second-order valence-electron chi connectivity index (χ2n) is 8.45. The second kappa shape index (κ2) is 10.2. The lowest BCUT2D eigenvalue weighted by molar-refractivity contribution is -0.137. The number of nitriles is 1. The molecule has 2 aromatic rings. The van der Waals surface area contributed by atoms with Gasteiger partial charge in [0.1, 0.15) is 6.54 Å². The quantitative estimate of drug-likeness (QED) is 0.520. The van der Waals surface area contributed by atoms with Crippen molar-refractivity contribution in [3.8, 4) is 6.07 Å². The standard InChI is InChI=1S/C25H20F6N4O3/c1-13-20(14(2)36)21(18-8-7-15(11-32)9-19(18)22(37)33-12-24(26,27)28)34(3)23(38)35(13)17-6-4-5-16(10-17)25(29,30)31/h4-10,21H,12H2,1-3H3,(H,33,37). The number of allylic oxidation sites excluding steroid dienone is 1. The summed E-state index contributed by atoms with van der Waals surface area (Å²) in [7, 11) is 1.23. The lowest BCUT2D eigenvalue weighted by Crippen LogP contribution is -2.49. The molecule has 0 spiro atoms. The van der Waals surface area contributed by atoms with Gasteiger partial charge in [0, 0.05) is 23.9 Å². The molecule has 1 aliphatic heterocycles. The van der Waals surface area contributed by atoms with E-state index < -0.39 is 48.2 Å². The van der Waals surface area contributed by atoms with E-state index in [2.05, 4.69) is 0 Å². The molecule has 0 fully saturated rings. The maximum absolute atomic E-state index is 13.4. The number of halogens is 6. The van der Waals surface area contributed by atoms with Crippen LogP contribution >= 0.6 is 0 Å². The number of nitrogens with zero attached hydrogens (tertiary/aromatic N) is 3. The molecule has 1 unspecified atom stereocenters. The van der Waals surface area contributed by atoms with Crippen molar-refractivity contribution in [1.29, 1.82) is 5.26 Å². The molecule has 38 heavy (non-hydrogen) atoms. The van der Waals surface area contributed by atoms with Crippen molar-refractivity contribution >= 4 is 23.4 Å². The van der Waals surface area contributed by atoms with E-state index >= 15 is 0 Å². The number of Topliss-reactive ketones (excluding diaryl/α,β-unsaturated/α-hetero) is 1. The van der Waals surface area contributed by atoms with Gasteiger partial charge in [-0.25, -0.2) is 4.79 Å². The number of anilines is 1. The average molecular weight is 538 g/mol. The largest absolute Gasteiger partial charge is 0.416 e. The number of benzene rings is 2. The summed E-state index contributed by atoms with van der Waals surface area (Å²) in [6, 6.07) is 7.07. The summed E-state index contributed by atoms with van der Waals surface area (Å²) in [4.78, 5) is 40.9. The molecule has 200 valence electrons. The Bertz CT molecular complexity index is 1370. The zero-order chi connectivity index (χ0) is 28.6. The molecule has 1 N–H and O–H groups in total. The highest BCUT2D eigenvalue weighted by molar-refractivity contribution is 6.06. The molecule has 0 bridgehead atoms. The molecule has 3 rings (SSSR count). The average Bonchev–Trinajstić information content (AvgIpc) is 2.83. The second-order valence-corrected chi connectivity index (χ2v) is 8.45. The molecule has 0 aromatic heterocycles. The van der Waals surface area contributed by atoms with Gasteiger partial charge in [0.05, 0.1) is 28.9 Å². The minimum absolute atomic E-state index is 0.0315. The Labute approximate surface area is 212 Å². The molecule has 13 heteroatoms. The van der Waals surface area contributed by atoms with E-state index in [4.69, 9.17) is 0 Å². The van der Waals surface area contributed by atoms with E-state index in [1.54, 1.807) is 11.4 Å². The highest BCUT2D eigenvalue weighted by atomic mass is 19.4. The third kappa shape index (κ3) is 5.64. The first-order valence-electron chi connectivity index (χ1n) is 10.9. The maximum Gasteiger partial charge on any atom is 0.416 e. The van der Waals surface area contributed by atoms with E-state index in [1.165, 1.54) is 32.2 Å². The summed E-state index contributed by atoms with van der Waals surface area (Å²) < 4.78 is 78.1. The van der Waals surface area contributed by atoms with E-state index in [0.717, 1.165) is 41.0 Å². The van der Waals surface area contributed by atoms with Gasteiger partial charge in [-0.15, -0.1) is 0 Å². The first-order chi connectivity index (χ1) is 17.6. The van der Waals surface area contributed by atoms with Gasteiger partial charge in [0.15, 0.2) is 5.78 Å². The van der Waals surface area contributed by atoms with Crippen molar-refractivity contribution in [2.75, 3.05) is 18.5 Å². The first kappa shape index (κ1) is 28.2. The highest BCUT2D eigenvalue weighted by Crippen LogP contribution is 2.41. The van der Waals surface area contributed by atoms with Crippen LogP contribution in [-0.2, 0) is 11.0 Å². The van der Waals surface area contributed by atoms with Crippen LogP contribution < -0.4 is 10.2 Å². The minimum atomic E-state index is -4.73. The number of nitrogens with one attached hydrogen (secondary N) is 1. The van der Waals surface area contributed by atoms with Crippen LogP contribution in [0, 0.1) is 11.3 Å². The molecule has 7 nitrogen and oxygen atoms in total. The van der Waals surface area contributed by atoms with Crippen molar-refractivity contribution in [3.63, 3.8) is 0 Å². The molecule has 2 aromatic carbocycles. The van der Waals surface area contributed by atoms with Crippen LogP contribution in [0.5, 0.6) is 0 Å². The molecule has 1 atom stereocenters. The number of hydrogen-bond acceptors (Lipinski definition) is 4. The highest BCUT2D eigenvalue weighted by Gasteiger charge is 2.41. The van der Waals surface area contributed by atoms with Crippen LogP contribution in [0.2, 0.25) is 0 Å². The Morgan fingerprint density at radius 1 is 1.08 bits per heavy atom. The number of urea groups is 1. The first-order valence-corrected chi connectivity index (χ1v) is 10.9. The number of hydrogen-bond donors (Lipinski definition) is 1. The zero-order valence-corrected chi connectivity index (χ0v) is 20.2. The predicted octanol–water partition coefficient (Wildman–Crippen LogP) is 5.35. The Morgan fingerprint density at radius 2 is 1.74 bits per heavy atom. The third-order valence-corrected chi connectivity index (χ3v) is 5.86. The predicted molar refractivity (Wildman–Crippen MR) is 123 cm³/mol. The molecular formula is C25H20F6N4O3. The van der Waals surface area contributed by atoms with Gasteiger partial charge in [-0.1, -0.05) is 12.1 Å². The number of ketones is 1. The fraction of sp³-hybridized carbons (Fsp3) is 0.280. The molecule has 0 saturated carbocycles. The SMILES string of the molecule is CC(=O)C1=C(C)N(c2cccc(C(F)(F)F)c2)C(=O)N(C)C1c1ccc(C#N)cc1C(=O)NCC(F)(F)F. The van der Waals surface area contributed by atoms with Crippen LogP contribution in [0.15, 0.2) is 53.7 Å². The summed E-state index contributed by atoms with van der Waals surface area (Å²) >= 11 is 0. The van der Waals surface area contributed by atoms with E-state index in [0.29, 0.717) is 0 Å². The number of likely N-dealkylation sites (N-methyl/N-ethyl adjacent to an activating group) is 1. The van der Waals surface area contributed by atoms with Crippen LogP contribution in [0.1, 0.15) is 46.9 Å². The summed E-state index contributed by atoms with van der Waals surface area (Å²) in [5.41, 5.74) is -1.80. The van der Waals surface area contributed by atoms with Crippen molar-refractivity contribution in [3.05, 3.63) is 76.0 Å². The fourth-order valence-electron chi connectivity index (χ4n) is 4.20. The number of rotatable bonds is 5. The molecule has 3 amide bonds. The van der Waals surface area contributed by atoms with Crippen LogP contribution in [0.3, 0.4) is 0 Å². The van der Waals surface area contributed by atoms with Crippen molar-refractivity contribution < 1.29 is 40.7 Å². The maximum atomic E-state index is 13.4. The molecular weight excluding hydrogens is 518 g/mol. The number of carbonyl (C=O) groups excluding carboxylic acids is 3. The number of carbonyl (C=O) groups is 3. The lowest BCUT2D eigenvalue weighted by Gasteiger charge is -2.41. The van der Waals surface area contributed by atoms with Gasteiger partial charge in [0.2, 0.25) is 0 Å². The van der Waals surface area contributed by atoms with Crippen molar-refractivity contribution in [1.82, 2.24) is 10.2 Å². The normalized spacial score (nSPS) is 16.4. The fourth-order valence-corrected chi connectivity index (χ4v) is 4.20. The van der Waals surface area contributed by atoms with Gasteiger partial charge < -0.3 is 10.2 Å². The molecule has 0 saturated heterocycles. The lowest BCUT2D eigenvalue weighted by atomic mass is 9.87. The van der Waals surface area contributed by atoms with Gasteiger partial charge in [-0.2, -0.15) is 31.6 Å². The number of alkyl halides is 6. The Hall–Kier alpha value is -4.34. The van der Waals surface area contributed by atoms with E-state index in [-0.39, 0.29) is 33.6 Å². The van der Waals surface area contributed by atoms with E-state index in [1.807, 2.05) is 0 Å². The van der Waals surface area contributed by atoms with Gasteiger partial charge in [-0.3, -0.25) is 14.5 Å². The van der Waals surface area contributed by atoms with Crippen LogP contribution in [0.25, 0.3) is 0 Å². The Kier molecular flexibility index (Phi) is 7.58. The minimum Gasteiger partial charge on any atom is -0.343 e. The molecule has 0 aliphatic carbocycles.